The Labute approximate surface area is 126 Å². The Morgan fingerprint density at radius 3 is 2.10 bits per heavy atom. The van der Waals surface area contributed by atoms with Gasteiger partial charge in [0.15, 0.2) is 0 Å². The molecule has 110 valence electrons. The van der Waals surface area contributed by atoms with E-state index in [9.17, 15) is 14.6 Å². The summed E-state index contributed by atoms with van der Waals surface area (Å²) in [5, 5.41) is 19.4. The molecule has 0 aromatic heterocycles. The van der Waals surface area contributed by atoms with Gasteiger partial charge in [-0.15, -0.1) is 0 Å². The Balaban J connectivity index is 2.47. The third-order valence-electron chi connectivity index (χ3n) is 3.86. The minimum atomic E-state index is -2.31. The predicted molar refractivity (Wildman–Crippen MR) is 90.0 cm³/mol. The summed E-state index contributed by atoms with van der Waals surface area (Å²) in [4.78, 5) is 0. The molecule has 2 aromatic rings. The van der Waals surface area contributed by atoms with Crippen LogP contribution in [0.1, 0.15) is 13.8 Å². The van der Waals surface area contributed by atoms with Gasteiger partial charge in [-0.3, -0.25) is 0 Å². The fourth-order valence-corrected chi connectivity index (χ4v) is 4.32. The highest BCUT2D eigenvalue weighted by Crippen LogP contribution is 2.43. The zero-order valence-electron chi connectivity index (χ0n) is 12.4. The van der Waals surface area contributed by atoms with Crippen molar-refractivity contribution >= 4 is 25.0 Å². The molecular formula is C16H20BO3P. The summed E-state index contributed by atoms with van der Waals surface area (Å²) in [6, 6.07) is 14.8. The summed E-state index contributed by atoms with van der Waals surface area (Å²) in [6.07, 6.45) is 1.31. The maximum atomic E-state index is 12.8. The Morgan fingerprint density at radius 1 is 0.952 bits per heavy atom. The number of hydrogen-bond acceptors (Lipinski definition) is 3. The van der Waals surface area contributed by atoms with Crippen molar-refractivity contribution in [3.8, 4) is 11.1 Å². The van der Waals surface area contributed by atoms with Gasteiger partial charge < -0.3 is 14.6 Å². The summed E-state index contributed by atoms with van der Waals surface area (Å²) in [7, 11) is -3.79. The maximum Gasteiger partial charge on any atom is 0.488 e. The summed E-state index contributed by atoms with van der Waals surface area (Å²) >= 11 is 0. The first-order valence-electron chi connectivity index (χ1n) is 7.15. The summed E-state index contributed by atoms with van der Waals surface area (Å²) in [5.41, 5.74) is 2.28. The molecule has 0 saturated heterocycles. The molecule has 0 aliphatic heterocycles. The van der Waals surface area contributed by atoms with Gasteiger partial charge in [-0.2, -0.15) is 0 Å². The Hall–Kier alpha value is -1.35. The lowest BCUT2D eigenvalue weighted by Gasteiger charge is -2.16. The van der Waals surface area contributed by atoms with Crippen LogP contribution in [0.15, 0.2) is 48.5 Å². The number of benzene rings is 2. The van der Waals surface area contributed by atoms with Gasteiger partial charge in [0.25, 0.3) is 0 Å². The van der Waals surface area contributed by atoms with Gasteiger partial charge in [0.2, 0.25) is 0 Å². The van der Waals surface area contributed by atoms with Crippen molar-refractivity contribution in [3.63, 3.8) is 0 Å². The average molecular weight is 302 g/mol. The van der Waals surface area contributed by atoms with Crippen molar-refractivity contribution in [1.82, 2.24) is 0 Å². The SMILES string of the molecule is CCP(=O)(CC)c1cccc(-c2cccc(B(O)O)c2)c1. The lowest BCUT2D eigenvalue weighted by molar-refractivity contribution is 0.426. The van der Waals surface area contributed by atoms with Gasteiger partial charge in [-0.25, -0.2) is 0 Å². The smallest absolute Gasteiger partial charge is 0.423 e. The van der Waals surface area contributed by atoms with Crippen molar-refractivity contribution in [2.24, 2.45) is 0 Å². The maximum absolute atomic E-state index is 12.8. The van der Waals surface area contributed by atoms with Gasteiger partial charge in [0.05, 0.1) is 0 Å². The molecule has 0 saturated carbocycles. The van der Waals surface area contributed by atoms with E-state index in [0.717, 1.165) is 16.4 Å². The first-order valence-corrected chi connectivity index (χ1v) is 9.23. The van der Waals surface area contributed by atoms with Crippen LogP contribution in [-0.4, -0.2) is 29.5 Å². The molecule has 0 bridgehead atoms. The molecule has 0 aliphatic carbocycles. The zero-order chi connectivity index (χ0) is 15.5. The van der Waals surface area contributed by atoms with Crippen molar-refractivity contribution in [3.05, 3.63) is 48.5 Å². The van der Waals surface area contributed by atoms with Crippen LogP contribution in [0.3, 0.4) is 0 Å². The molecule has 0 amide bonds. The van der Waals surface area contributed by atoms with E-state index >= 15 is 0 Å². The van der Waals surface area contributed by atoms with Crippen LogP contribution < -0.4 is 10.8 Å². The van der Waals surface area contributed by atoms with Gasteiger partial charge >= 0.3 is 7.12 Å². The van der Waals surface area contributed by atoms with Gasteiger partial charge in [-0.05, 0) is 22.7 Å². The molecule has 0 aliphatic rings. The van der Waals surface area contributed by atoms with Crippen molar-refractivity contribution < 1.29 is 14.6 Å². The molecule has 0 radical (unpaired) electrons. The molecule has 21 heavy (non-hydrogen) atoms. The fraction of sp³-hybridized carbons (Fsp3) is 0.250. The van der Waals surface area contributed by atoms with E-state index in [2.05, 4.69) is 0 Å². The fourth-order valence-electron chi connectivity index (χ4n) is 2.41. The lowest BCUT2D eigenvalue weighted by Crippen LogP contribution is -2.29. The molecule has 2 aromatic carbocycles. The molecule has 5 heteroatoms. The Morgan fingerprint density at radius 2 is 1.52 bits per heavy atom. The zero-order valence-corrected chi connectivity index (χ0v) is 13.3. The van der Waals surface area contributed by atoms with Crippen molar-refractivity contribution in [2.45, 2.75) is 13.8 Å². The number of hydrogen-bond donors (Lipinski definition) is 2. The third kappa shape index (κ3) is 3.46. The number of rotatable bonds is 5. The minimum Gasteiger partial charge on any atom is -0.423 e. The van der Waals surface area contributed by atoms with E-state index in [4.69, 9.17) is 0 Å². The van der Waals surface area contributed by atoms with Crippen LogP contribution in [0.2, 0.25) is 0 Å². The van der Waals surface area contributed by atoms with Gasteiger partial charge in [-0.1, -0.05) is 56.3 Å². The van der Waals surface area contributed by atoms with Crippen LogP contribution in [0, 0.1) is 0 Å². The van der Waals surface area contributed by atoms with Gasteiger partial charge in [0.1, 0.15) is 7.14 Å². The molecule has 2 rings (SSSR count). The highest BCUT2D eigenvalue weighted by atomic mass is 31.2. The molecule has 0 fully saturated rings. The molecule has 0 spiro atoms. The molecule has 0 atom stereocenters. The Kier molecular flexibility index (Phi) is 5.05. The third-order valence-corrected chi connectivity index (χ3v) is 7.12. The van der Waals surface area contributed by atoms with E-state index in [1.807, 2.05) is 44.2 Å². The standard InChI is InChI=1S/C16H20BO3P/c1-3-21(20,4-2)16-10-6-8-14(12-16)13-7-5-9-15(11-13)17(18)19/h5-12,18-19H,3-4H2,1-2H3. The molecule has 2 N–H and O–H groups in total. The van der Waals surface area contributed by atoms with Crippen molar-refractivity contribution in [2.75, 3.05) is 12.3 Å². The second-order valence-electron chi connectivity index (χ2n) is 5.07. The van der Waals surface area contributed by atoms with E-state index < -0.39 is 14.3 Å². The summed E-state index contributed by atoms with van der Waals surface area (Å²) in [5.74, 6) is 0. The van der Waals surface area contributed by atoms with E-state index in [0.29, 0.717) is 17.8 Å². The highest BCUT2D eigenvalue weighted by Gasteiger charge is 2.20. The molecule has 0 unspecified atom stereocenters. The monoisotopic (exact) mass is 302 g/mol. The topological polar surface area (TPSA) is 57.5 Å². The first kappa shape index (κ1) is 16.0. The summed E-state index contributed by atoms with van der Waals surface area (Å²) < 4.78 is 12.8. The highest BCUT2D eigenvalue weighted by molar-refractivity contribution is 7.71. The average Bonchev–Trinajstić information content (AvgIpc) is 2.54. The molecular weight excluding hydrogens is 282 g/mol. The van der Waals surface area contributed by atoms with Crippen molar-refractivity contribution in [1.29, 1.82) is 0 Å². The first-order chi connectivity index (χ1) is 10.00. The van der Waals surface area contributed by atoms with Gasteiger partial charge in [0, 0.05) is 17.6 Å². The lowest BCUT2D eigenvalue weighted by atomic mass is 9.79. The van der Waals surface area contributed by atoms with E-state index in [-0.39, 0.29) is 0 Å². The normalized spacial score (nSPS) is 11.4. The van der Waals surface area contributed by atoms with Crippen LogP contribution >= 0.6 is 7.14 Å². The largest absolute Gasteiger partial charge is 0.488 e. The second kappa shape index (κ2) is 6.61. The Bertz CT molecular complexity index is 662. The van der Waals surface area contributed by atoms with E-state index in [1.54, 1.807) is 18.2 Å². The second-order valence-corrected chi connectivity index (χ2v) is 8.63. The minimum absolute atomic E-state index is 0.451. The predicted octanol–water partition coefficient (Wildman–Crippen LogP) is 2.06. The van der Waals surface area contributed by atoms with Crippen LogP contribution in [0.5, 0.6) is 0 Å². The molecule has 3 nitrogen and oxygen atoms in total. The summed E-state index contributed by atoms with van der Waals surface area (Å²) in [6.45, 7) is 3.92. The quantitative estimate of drug-likeness (QED) is 0.656. The van der Waals surface area contributed by atoms with Crippen LogP contribution in [0.25, 0.3) is 11.1 Å². The molecule has 0 heterocycles. The van der Waals surface area contributed by atoms with Crippen LogP contribution in [0.4, 0.5) is 0 Å². The van der Waals surface area contributed by atoms with E-state index in [1.165, 1.54) is 0 Å². The van der Waals surface area contributed by atoms with Crippen LogP contribution in [-0.2, 0) is 4.57 Å².